The molecule has 2 N–H and O–H groups in total. The Labute approximate surface area is 149 Å². The van der Waals surface area contributed by atoms with Gasteiger partial charge in [-0.1, -0.05) is 6.07 Å². The molecule has 0 aliphatic heterocycles. The number of nitrogens with two attached hydrogens (primary N) is 1. The summed E-state index contributed by atoms with van der Waals surface area (Å²) >= 11 is 0. The lowest BCUT2D eigenvalue weighted by atomic mass is 10.0. The van der Waals surface area contributed by atoms with Crippen LogP contribution in [0.15, 0.2) is 36.5 Å². The van der Waals surface area contributed by atoms with E-state index >= 15 is 0 Å². The molecule has 0 unspecified atom stereocenters. The molecule has 0 saturated carbocycles. The minimum Gasteiger partial charge on any atom is -0.496 e. The Morgan fingerprint density at radius 1 is 1.15 bits per heavy atom. The van der Waals surface area contributed by atoms with Crippen molar-refractivity contribution in [1.29, 1.82) is 5.26 Å². The predicted molar refractivity (Wildman–Crippen MR) is 102 cm³/mol. The molecular formula is C21H17N4O+. The molecule has 0 saturated heterocycles. The summed E-state index contributed by atoms with van der Waals surface area (Å²) in [6.07, 6.45) is 2.06. The summed E-state index contributed by atoms with van der Waals surface area (Å²) in [5.41, 5.74) is 13.2. The predicted octanol–water partition coefficient (Wildman–Crippen LogP) is 3.50. The molecule has 126 valence electrons. The molecule has 0 bridgehead atoms. The lowest BCUT2D eigenvalue weighted by Crippen LogP contribution is -2.27. The molecule has 5 nitrogen and oxygen atoms in total. The maximum atomic E-state index is 9.75. The monoisotopic (exact) mass is 341 g/mol. The Morgan fingerprint density at radius 3 is 2.69 bits per heavy atom. The molecule has 5 heteroatoms. The minimum atomic E-state index is 0.474. The van der Waals surface area contributed by atoms with Crippen molar-refractivity contribution in [3.63, 3.8) is 0 Å². The number of aryl methyl sites for hydroxylation is 2. The molecule has 0 atom stereocenters. The van der Waals surface area contributed by atoms with E-state index in [0.717, 1.165) is 49.7 Å². The van der Waals surface area contributed by atoms with Gasteiger partial charge in [0.15, 0.2) is 16.6 Å². The first-order valence-electron chi connectivity index (χ1n) is 8.44. The van der Waals surface area contributed by atoms with Crippen LogP contribution in [0.4, 0.5) is 5.82 Å². The Balaban J connectivity index is 2.28. The highest BCUT2D eigenvalue weighted by Crippen LogP contribution is 2.36. The topological polar surface area (TPSA) is 67.5 Å². The number of rotatable bonds is 1. The van der Waals surface area contributed by atoms with E-state index in [0.29, 0.717) is 11.4 Å². The van der Waals surface area contributed by atoms with Crippen molar-refractivity contribution >= 4 is 38.7 Å². The van der Waals surface area contributed by atoms with E-state index in [1.807, 2.05) is 23.5 Å². The normalized spacial score (nSPS) is 11.8. The van der Waals surface area contributed by atoms with Crippen LogP contribution in [0.25, 0.3) is 32.8 Å². The Morgan fingerprint density at radius 2 is 1.96 bits per heavy atom. The number of benzene rings is 2. The maximum Gasteiger partial charge on any atom is 0.297 e. The van der Waals surface area contributed by atoms with Crippen LogP contribution in [-0.4, -0.2) is 11.5 Å². The first-order valence-corrected chi connectivity index (χ1v) is 8.44. The number of ether oxygens (including phenoxy) is 1. The van der Waals surface area contributed by atoms with Crippen LogP contribution in [0.2, 0.25) is 0 Å². The lowest BCUT2D eigenvalue weighted by Gasteiger charge is -2.14. The largest absolute Gasteiger partial charge is 0.496 e. The van der Waals surface area contributed by atoms with E-state index in [-0.39, 0.29) is 0 Å². The highest BCUT2D eigenvalue weighted by molar-refractivity contribution is 6.09. The third kappa shape index (κ3) is 1.52. The van der Waals surface area contributed by atoms with E-state index in [2.05, 4.69) is 41.8 Å². The van der Waals surface area contributed by atoms with Gasteiger partial charge in [0.2, 0.25) is 0 Å². The zero-order valence-electron chi connectivity index (χ0n) is 14.8. The van der Waals surface area contributed by atoms with E-state index in [1.165, 1.54) is 0 Å². The number of nitriles is 1. The van der Waals surface area contributed by atoms with E-state index < -0.39 is 0 Å². The van der Waals surface area contributed by atoms with Gasteiger partial charge >= 0.3 is 0 Å². The molecule has 26 heavy (non-hydrogen) atoms. The van der Waals surface area contributed by atoms with E-state index in [1.54, 1.807) is 7.11 Å². The SMILES string of the molecule is COc1ccc2c(c1C)[n+]1c(N)c(C#N)c3cc(C)c4cccn2c4c31. The maximum absolute atomic E-state index is 9.75. The number of hydrogen-bond acceptors (Lipinski definition) is 3. The smallest absolute Gasteiger partial charge is 0.297 e. The van der Waals surface area contributed by atoms with Gasteiger partial charge in [-0.25, -0.2) is 0 Å². The van der Waals surface area contributed by atoms with Gasteiger partial charge in [0.1, 0.15) is 17.3 Å². The molecule has 0 spiro atoms. The molecule has 0 amide bonds. The minimum absolute atomic E-state index is 0.474. The van der Waals surface area contributed by atoms with Crippen molar-refractivity contribution in [3.8, 4) is 11.8 Å². The van der Waals surface area contributed by atoms with Crippen molar-refractivity contribution in [2.45, 2.75) is 13.8 Å². The third-order valence-electron chi connectivity index (χ3n) is 5.42. The fourth-order valence-electron chi connectivity index (χ4n) is 4.26. The second-order valence-corrected chi connectivity index (χ2v) is 6.70. The number of aromatic nitrogens is 2. The average molecular weight is 341 g/mol. The Hall–Kier alpha value is -3.52. The van der Waals surface area contributed by atoms with Gasteiger partial charge in [-0.15, -0.1) is 0 Å². The number of hydrogen-bond donors (Lipinski definition) is 1. The van der Waals surface area contributed by atoms with E-state index in [4.69, 9.17) is 10.5 Å². The molecule has 0 fully saturated rings. The van der Waals surface area contributed by atoms with Gasteiger partial charge in [0.25, 0.3) is 5.82 Å². The summed E-state index contributed by atoms with van der Waals surface area (Å²) in [6, 6.07) is 12.5. The standard InChI is InChI=1S/C21H16N4O/c1-11-9-14-15(10-22)21(23)25-18-12(2)17(26-3)7-6-16(18)24-8-4-5-13(11)19(24)20(14)25/h4-9,23H,1-3H3/p+1. The quantitative estimate of drug-likeness (QED) is 0.288. The molecule has 3 aromatic heterocycles. The highest BCUT2D eigenvalue weighted by Gasteiger charge is 2.28. The molecule has 5 rings (SSSR count). The fraction of sp³-hybridized carbons (Fsp3) is 0.143. The number of pyridine rings is 1. The Kier molecular flexibility index (Phi) is 2.71. The van der Waals surface area contributed by atoms with Crippen molar-refractivity contribution in [2.24, 2.45) is 0 Å². The molecule has 0 aliphatic rings. The number of anilines is 1. The molecule has 0 radical (unpaired) electrons. The second kappa shape index (κ2) is 4.77. The van der Waals surface area contributed by atoms with Crippen molar-refractivity contribution in [2.75, 3.05) is 12.8 Å². The molecule has 2 aromatic carbocycles. The van der Waals surface area contributed by atoms with Crippen LogP contribution in [0.5, 0.6) is 5.75 Å². The van der Waals surface area contributed by atoms with Gasteiger partial charge in [-0.05, 0) is 43.7 Å². The third-order valence-corrected chi connectivity index (χ3v) is 5.42. The highest BCUT2D eigenvalue weighted by atomic mass is 16.5. The summed E-state index contributed by atoms with van der Waals surface area (Å²) in [7, 11) is 1.66. The van der Waals surface area contributed by atoms with Gasteiger partial charge in [-0.2, -0.15) is 9.66 Å². The summed E-state index contributed by atoms with van der Waals surface area (Å²) in [5, 5.41) is 11.8. The first kappa shape index (κ1) is 14.8. The van der Waals surface area contributed by atoms with Crippen LogP contribution < -0.4 is 14.9 Å². The summed E-state index contributed by atoms with van der Waals surface area (Å²) in [6.45, 7) is 4.09. The van der Waals surface area contributed by atoms with Crippen LogP contribution in [-0.2, 0) is 0 Å². The molecular weight excluding hydrogens is 324 g/mol. The number of fused-ring (bicyclic) bond motifs is 3. The molecule has 0 aliphatic carbocycles. The summed E-state index contributed by atoms with van der Waals surface area (Å²) < 4.78 is 9.74. The molecule has 3 heterocycles. The lowest BCUT2D eigenvalue weighted by molar-refractivity contribution is -0.460. The van der Waals surface area contributed by atoms with Crippen molar-refractivity contribution in [1.82, 2.24) is 4.40 Å². The second-order valence-electron chi connectivity index (χ2n) is 6.70. The van der Waals surface area contributed by atoms with Gasteiger partial charge < -0.3 is 9.14 Å². The number of nitrogen functional groups attached to an aromatic ring is 1. The number of nitrogens with zero attached hydrogens (tertiary/aromatic N) is 3. The van der Waals surface area contributed by atoms with Gasteiger partial charge in [-0.3, -0.25) is 5.73 Å². The van der Waals surface area contributed by atoms with Crippen LogP contribution in [0, 0.1) is 25.2 Å². The summed E-state index contributed by atoms with van der Waals surface area (Å²) in [4.78, 5) is 0. The zero-order valence-corrected chi connectivity index (χ0v) is 14.8. The first-order chi connectivity index (χ1) is 12.6. The fourth-order valence-corrected chi connectivity index (χ4v) is 4.26. The van der Waals surface area contributed by atoms with Gasteiger partial charge in [0.05, 0.1) is 18.0 Å². The number of methoxy groups -OCH3 is 1. The van der Waals surface area contributed by atoms with Crippen molar-refractivity contribution < 1.29 is 9.14 Å². The van der Waals surface area contributed by atoms with Crippen LogP contribution >= 0.6 is 0 Å². The van der Waals surface area contributed by atoms with Crippen LogP contribution in [0.1, 0.15) is 16.7 Å². The summed E-state index contributed by atoms with van der Waals surface area (Å²) in [5.74, 6) is 1.27. The van der Waals surface area contributed by atoms with Crippen LogP contribution in [0.3, 0.4) is 0 Å². The zero-order chi connectivity index (χ0) is 18.2. The average Bonchev–Trinajstić information content (AvgIpc) is 2.93. The van der Waals surface area contributed by atoms with Gasteiger partial charge in [0, 0.05) is 17.1 Å². The molecule has 5 aromatic rings. The van der Waals surface area contributed by atoms with E-state index in [9.17, 15) is 5.26 Å². The Bertz CT molecular complexity index is 1410. The van der Waals surface area contributed by atoms with Crippen molar-refractivity contribution in [3.05, 3.63) is 53.2 Å².